The highest BCUT2D eigenvalue weighted by Gasteiger charge is 2.19. The van der Waals surface area contributed by atoms with Crippen LogP contribution in [0, 0.1) is 5.92 Å². The lowest BCUT2D eigenvalue weighted by Gasteiger charge is -2.14. The zero-order valence-corrected chi connectivity index (χ0v) is 8.87. The molecular weight excluding hydrogens is 180 g/mol. The van der Waals surface area contributed by atoms with E-state index in [1.165, 1.54) is 0 Å². The van der Waals surface area contributed by atoms with Crippen molar-refractivity contribution < 1.29 is 14.6 Å². The number of carbonyl (C=O) groups is 1. The Morgan fingerprint density at radius 2 is 2.36 bits per heavy atom. The van der Waals surface area contributed by atoms with Crippen LogP contribution in [0.15, 0.2) is 0 Å². The van der Waals surface area contributed by atoms with Crippen molar-refractivity contribution in [2.75, 3.05) is 13.2 Å². The second kappa shape index (κ2) is 6.14. The number of rotatable bonds is 6. The Labute approximate surface area is 85.5 Å². The van der Waals surface area contributed by atoms with Gasteiger partial charge in [-0.15, -0.1) is 0 Å². The van der Waals surface area contributed by atoms with E-state index in [-0.39, 0.29) is 18.3 Å². The number of aliphatic hydroxyl groups excluding tert-OH is 1. The molecule has 1 N–H and O–H groups in total. The van der Waals surface area contributed by atoms with Gasteiger partial charge < -0.3 is 9.84 Å². The first kappa shape index (κ1) is 11.7. The van der Waals surface area contributed by atoms with E-state index in [2.05, 4.69) is 0 Å². The van der Waals surface area contributed by atoms with E-state index >= 15 is 0 Å². The van der Waals surface area contributed by atoms with E-state index in [9.17, 15) is 4.79 Å². The fourth-order valence-electron chi connectivity index (χ4n) is 1.97. The summed E-state index contributed by atoms with van der Waals surface area (Å²) >= 11 is 0. The first-order chi connectivity index (χ1) is 6.74. The number of hydrogen-bond donors (Lipinski definition) is 1. The molecule has 0 aromatic carbocycles. The fraction of sp³-hybridized carbons (Fsp3) is 0.909. The lowest BCUT2D eigenvalue weighted by atomic mass is 9.94. The van der Waals surface area contributed by atoms with Crippen LogP contribution in [0.2, 0.25) is 0 Å². The van der Waals surface area contributed by atoms with E-state index in [1.54, 1.807) is 6.92 Å². The Balaban J connectivity index is 2.21. The maximum absolute atomic E-state index is 11.2. The van der Waals surface area contributed by atoms with Crippen LogP contribution in [0.3, 0.4) is 0 Å². The van der Waals surface area contributed by atoms with Gasteiger partial charge in [-0.05, 0) is 39.0 Å². The molecule has 0 aliphatic carbocycles. The van der Waals surface area contributed by atoms with Gasteiger partial charge in [0.1, 0.15) is 5.78 Å². The summed E-state index contributed by atoms with van der Waals surface area (Å²) in [5.74, 6) is 0.223. The summed E-state index contributed by atoms with van der Waals surface area (Å²) in [5, 5.41) is 8.79. The second-order valence-corrected chi connectivity index (χ2v) is 4.03. The third kappa shape index (κ3) is 3.76. The predicted octanol–water partition coefficient (Wildman–Crippen LogP) is 1.53. The topological polar surface area (TPSA) is 46.5 Å². The van der Waals surface area contributed by atoms with Crippen LogP contribution in [-0.2, 0) is 9.53 Å². The molecule has 1 aliphatic rings. The summed E-state index contributed by atoms with van der Waals surface area (Å²) in [5.41, 5.74) is 0. The monoisotopic (exact) mass is 200 g/mol. The molecule has 1 aliphatic heterocycles. The van der Waals surface area contributed by atoms with Gasteiger partial charge in [-0.3, -0.25) is 4.79 Å². The molecule has 1 rings (SSSR count). The van der Waals surface area contributed by atoms with Gasteiger partial charge in [0.15, 0.2) is 0 Å². The SMILES string of the molecule is CC(=O)C(CCO)CCC1CCCO1. The number of hydrogen-bond acceptors (Lipinski definition) is 3. The lowest BCUT2D eigenvalue weighted by molar-refractivity contribution is -0.121. The standard InChI is InChI=1S/C11H20O3/c1-9(13)10(6-7-12)4-5-11-3-2-8-14-11/h10-12H,2-8H2,1H3. The van der Waals surface area contributed by atoms with E-state index in [4.69, 9.17) is 9.84 Å². The van der Waals surface area contributed by atoms with Crippen LogP contribution in [0.5, 0.6) is 0 Å². The molecule has 0 bridgehead atoms. The summed E-state index contributed by atoms with van der Waals surface area (Å²) in [7, 11) is 0. The highest BCUT2D eigenvalue weighted by Crippen LogP contribution is 2.21. The molecule has 0 amide bonds. The third-order valence-electron chi connectivity index (χ3n) is 2.91. The first-order valence-electron chi connectivity index (χ1n) is 5.47. The minimum atomic E-state index is 0.0317. The van der Waals surface area contributed by atoms with Crippen molar-refractivity contribution in [3.8, 4) is 0 Å². The number of ketones is 1. The normalized spacial score (nSPS) is 23.7. The van der Waals surface area contributed by atoms with Crippen molar-refractivity contribution in [2.45, 2.75) is 45.1 Å². The van der Waals surface area contributed by atoms with Gasteiger partial charge in [0, 0.05) is 19.1 Å². The van der Waals surface area contributed by atoms with Crippen molar-refractivity contribution in [1.82, 2.24) is 0 Å². The molecule has 0 radical (unpaired) electrons. The fourth-order valence-corrected chi connectivity index (χ4v) is 1.97. The van der Waals surface area contributed by atoms with Crippen molar-refractivity contribution >= 4 is 5.78 Å². The summed E-state index contributed by atoms with van der Waals surface area (Å²) in [6.45, 7) is 2.58. The third-order valence-corrected chi connectivity index (χ3v) is 2.91. The zero-order valence-electron chi connectivity index (χ0n) is 8.87. The van der Waals surface area contributed by atoms with Crippen LogP contribution in [0.1, 0.15) is 39.0 Å². The van der Waals surface area contributed by atoms with Crippen LogP contribution < -0.4 is 0 Å². The maximum Gasteiger partial charge on any atom is 0.132 e. The summed E-state index contributed by atoms with van der Waals surface area (Å²) in [6.07, 6.45) is 5.06. The first-order valence-corrected chi connectivity index (χ1v) is 5.47. The van der Waals surface area contributed by atoms with E-state index in [1.807, 2.05) is 0 Å². The minimum Gasteiger partial charge on any atom is -0.396 e. The van der Waals surface area contributed by atoms with Crippen molar-refractivity contribution in [2.24, 2.45) is 5.92 Å². The molecule has 0 aromatic heterocycles. The highest BCUT2D eigenvalue weighted by molar-refractivity contribution is 5.78. The molecule has 14 heavy (non-hydrogen) atoms. The lowest BCUT2D eigenvalue weighted by Crippen LogP contribution is -2.16. The Morgan fingerprint density at radius 3 is 2.86 bits per heavy atom. The smallest absolute Gasteiger partial charge is 0.132 e. The summed E-state index contributed by atoms with van der Waals surface area (Å²) in [4.78, 5) is 11.2. The zero-order chi connectivity index (χ0) is 10.4. The molecule has 2 atom stereocenters. The summed E-state index contributed by atoms with van der Waals surface area (Å²) in [6, 6.07) is 0. The molecule has 1 heterocycles. The number of Topliss-reactive ketones (excluding diaryl/α,β-unsaturated/α-hetero) is 1. The van der Waals surface area contributed by atoms with Crippen molar-refractivity contribution in [3.05, 3.63) is 0 Å². The second-order valence-electron chi connectivity index (χ2n) is 4.03. The van der Waals surface area contributed by atoms with E-state index in [0.717, 1.165) is 32.3 Å². The Bertz CT molecular complexity index is 173. The van der Waals surface area contributed by atoms with E-state index in [0.29, 0.717) is 12.5 Å². The largest absolute Gasteiger partial charge is 0.396 e. The molecule has 2 unspecified atom stereocenters. The van der Waals surface area contributed by atoms with Gasteiger partial charge >= 0.3 is 0 Å². The maximum atomic E-state index is 11.2. The molecular formula is C11H20O3. The van der Waals surface area contributed by atoms with Gasteiger partial charge in [-0.25, -0.2) is 0 Å². The van der Waals surface area contributed by atoms with Gasteiger partial charge in [0.05, 0.1) is 6.10 Å². The van der Waals surface area contributed by atoms with Crippen LogP contribution in [-0.4, -0.2) is 30.2 Å². The highest BCUT2D eigenvalue weighted by atomic mass is 16.5. The molecule has 3 nitrogen and oxygen atoms in total. The van der Waals surface area contributed by atoms with Gasteiger partial charge in [0.25, 0.3) is 0 Å². The van der Waals surface area contributed by atoms with E-state index < -0.39 is 0 Å². The average Bonchev–Trinajstić information content (AvgIpc) is 2.64. The minimum absolute atomic E-state index is 0.0317. The number of ether oxygens (including phenoxy) is 1. The number of aliphatic hydroxyl groups is 1. The molecule has 1 saturated heterocycles. The Morgan fingerprint density at radius 1 is 1.57 bits per heavy atom. The molecule has 0 spiro atoms. The molecule has 82 valence electrons. The van der Waals surface area contributed by atoms with Crippen LogP contribution in [0.4, 0.5) is 0 Å². The Hall–Kier alpha value is -0.410. The number of carbonyl (C=O) groups excluding carboxylic acids is 1. The van der Waals surface area contributed by atoms with Gasteiger partial charge in [-0.1, -0.05) is 0 Å². The molecule has 3 heteroatoms. The van der Waals surface area contributed by atoms with Crippen molar-refractivity contribution in [1.29, 1.82) is 0 Å². The summed E-state index contributed by atoms with van der Waals surface area (Å²) < 4.78 is 5.49. The van der Waals surface area contributed by atoms with Crippen molar-refractivity contribution in [3.63, 3.8) is 0 Å². The molecule has 0 saturated carbocycles. The average molecular weight is 200 g/mol. The molecule has 1 fully saturated rings. The predicted molar refractivity (Wildman–Crippen MR) is 54.1 cm³/mol. The van der Waals surface area contributed by atoms with Crippen LogP contribution >= 0.6 is 0 Å². The van der Waals surface area contributed by atoms with Gasteiger partial charge in [-0.2, -0.15) is 0 Å². The van der Waals surface area contributed by atoms with Gasteiger partial charge in [0.2, 0.25) is 0 Å². The van der Waals surface area contributed by atoms with Crippen LogP contribution in [0.25, 0.3) is 0 Å². The quantitative estimate of drug-likeness (QED) is 0.707. The Kier molecular flexibility index (Phi) is 5.12. The molecule has 0 aromatic rings.